The van der Waals surface area contributed by atoms with Crippen LogP contribution >= 0.6 is 23.2 Å². The normalized spacial score (nSPS) is 15.3. The van der Waals surface area contributed by atoms with Crippen molar-refractivity contribution >= 4 is 23.2 Å². The Hall–Kier alpha value is -1.14. The maximum atomic E-state index is 10.2. The highest BCUT2D eigenvalue weighted by Crippen LogP contribution is 2.31. The average Bonchev–Trinajstić information content (AvgIpc) is 2.60. The van der Waals surface area contributed by atoms with Crippen LogP contribution in [0.25, 0.3) is 0 Å². The van der Waals surface area contributed by atoms with E-state index < -0.39 is 24.9 Å². The summed E-state index contributed by atoms with van der Waals surface area (Å²) in [4.78, 5) is 0. The molecule has 24 heavy (non-hydrogen) atoms. The van der Waals surface area contributed by atoms with Crippen molar-refractivity contribution in [3.05, 3.63) is 69.7 Å². The summed E-state index contributed by atoms with van der Waals surface area (Å²) in [6.07, 6.45) is -3.86. The smallest absolute Gasteiger partial charge is 0.108 e. The lowest BCUT2D eigenvalue weighted by Gasteiger charge is -2.26. The van der Waals surface area contributed by atoms with Gasteiger partial charge in [-0.05, 0) is 41.8 Å². The standard InChI is InChI=1S/C18H20Cl2O4/c19-13-5-1-11(2-6-13)15(12-3-7-14(20)8-4-12)9-16(22)18(24)17(23)10-21/h1-8,15-18,21-24H,9-10H2/t16-,17-,18+/m1/s1. The van der Waals surface area contributed by atoms with Gasteiger partial charge in [-0.15, -0.1) is 0 Å². The third kappa shape index (κ3) is 4.93. The van der Waals surface area contributed by atoms with E-state index in [-0.39, 0.29) is 12.3 Å². The van der Waals surface area contributed by atoms with Gasteiger partial charge >= 0.3 is 0 Å². The second-order valence-corrected chi connectivity index (χ2v) is 6.57. The van der Waals surface area contributed by atoms with Gasteiger partial charge in [-0.25, -0.2) is 0 Å². The average molecular weight is 371 g/mol. The molecule has 0 aliphatic carbocycles. The Balaban J connectivity index is 2.29. The van der Waals surface area contributed by atoms with E-state index in [0.717, 1.165) is 11.1 Å². The van der Waals surface area contributed by atoms with Crippen molar-refractivity contribution in [2.75, 3.05) is 6.61 Å². The van der Waals surface area contributed by atoms with Gasteiger partial charge in [0.25, 0.3) is 0 Å². The summed E-state index contributed by atoms with van der Waals surface area (Å²) in [6, 6.07) is 14.4. The molecule has 2 aromatic rings. The van der Waals surface area contributed by atoms with Crippen LogP contribution in [0.1, 0.15) is 23.5 Å². The van der Waals surface area contributed by atoms with E-state index in [1.54, 1.807) is 24.3 Å². The fourth-order valence-electron chi connectivity index (χ4n) is 2.60. The molecule has 0 spiro atoms. The lowest BCUT2D eigenvalue weighted by molar-refractivity contribution is -0.0791. The molecule has 130 valence electrons. The van der Waals surface area contributed by atoms with E-state index in [4.69, 9.17) is 28.3 Å². The molecule has 2 rings (SSSR count). The third-order valence-electron chi connectivity index (χ3n) is 4.00. The second kappa shape index (κ2) is 8.81. The molecule has 0 radical (unpaired) electrons. The summed E-state index contributed by atoms with van der Waals surface area (Å²) < 4.78 is 0. The van der Waals surface area contributed by atoms with E-state index in [2.05, 4.69) is 0 Å². The molecule has 0 unspecified atom stereocenters. The van der Waals surface area contributed by atoms with Gasteiger partial charge in [0.2, 0.25) is 0 Å². The van der Waals surface area contributed by atoms with Crippen LogP contribution in [0.4, 0.5) is 0 Å². The number of halogens is 2. The van der Waals surface area contributed by atoms with E-state index in [0.29, 0.717) is 10.0 Å². The van der Waals surface area contributed by atoms with Crippen LogP contribution < -0.4 is 0 Å². The Morgan fingerprint density at radius 3 is 1.50 bits per heavy atom. The van der Waals surface area contributed by atoms with Crippen molar-refractivity contribution in [2.45, 2.75) is 30.7 Å². The molecular weight excluding hydrogens is 351 g/mol. The number of benzene rings is 2. The molecule has 0 amide bonds. The SMILES string of the molecule is OC[C@@H](O)[C@@H](O)[C@H](O)CC(c1ccc(Cl)cc1)c1ccc(Cl)cc1. The molecule has 0 saturated heterocycles. The molecule has 3 atom stereocenters. The quantitative estimate of drug-likeness (QED) is 0.603. The third-order valence-corrected chi connectivity index (χ3v) is 4.50. The van der Waals surface area contributed by atoms with Crippen LogP contribution in [0.15, 0.2) is 48.5 Å². The fourth-order valence-corrected chi connectivity index (χ4v) is 2.85. The first kappa shape index (κ1) is 19.2. The predicted molar refractivity (Wildman–Crippen MR) is 94.5 cm³/mol. The molecule has 6 heteroatoms. The topological polar surface area (TPSA) is 80.9 Å². The van der Waals surface area contributed by atoms with Crippen molar-refractivity contribution in [1.82, 2.24) is 0 Å². The molecule has 0 fully saturated rings. The molecule has 0 bridgehead atoms. The first-order chi connectivity index (χ1) is 11.4. The summed E-state index contributed by atoms with van der Waals surface area (Å²) >= 11 is 11.9. The Kier molecular flexibility index (Phi) is 7.04. The Morgan fingerprint density at radius 2 is 1.12 bits per heavy atom. The van der Waals surface area contributed by atoms with Gasteiger partial charge in [0.05, 0.1) is 12.7 Å². The Morgan fingerprint density at radius 1 is 0.708 bits per heavy atom. The zero-order chi connectivity index (χ0) is 17.7. The number of aliphatic hydroxyl groups excluding tert-OH is 4. The van der Waals surface area contributed by atoms with Gasteiger partial charge in [0.15, 0.2) is 0 Å². The molecule has 2 aromatic carbocycles. The summed E-state index contributed by atoms with van der Waals surface area (Å²) in [7, 11) is 0. The first-order valence-corrected chi connectivity index (χ1v) is 8.34. The van der Waals surface area contributed by atoms with Gasteiger partial charge in [-0.2, -0.15) is 0 Å². The summed E-state index contributed by atoms with van der Waals surface area (Å²) in [5, 5.41) is 39.8. The van der Waals surface area contributed by atoms with Crippen LogP contribution in [-0.2, 0) is 0 Å². The van der Waals surface area contributed by atoms with Gasteiger partial charge in [-0.1, -0.05) is 47.5 Å². The summed E-state index contributed by atoms with van der Waals surface area (Å²) in [6.45, 7) is -0.620. The van der Waals surface area contributed by atoms with E-state index in [1.165, 1.54) is 0 Å². The minimum Gasteiger partial charge on any atom is -0.394 e. The van der Waals surface area contributed by atoms with Crippen molar-refractivity contribution in [3.8, 4) is 0 Å². The van der Waals surface area contributed by atoms with Crippen LogP contribution in [-0.4, -0.2) is 45.3 Å². The Bertz CT molecular complexity index is 585. The maximum Gasteiger partial charge on any atom is 0.108 e. The number of rotatable bonds is 7. The molecule has 0 saturated carbocycles. The first-order valence-electron chi connectivity index (χ1n) is 7.58. The minimum atomic E-state index is -1.43. The van der Waals surface area contributed by atoms with Gasteiger partial charge in [0, 0.05) is 16.0 Å². The van der Waals surface area contributed by atoms with E-state index in [1.807, 2.05) is 24.3 Å². The molecule has 4 N–H and O–H groups in total. The fraction of sp³-hybridized carbons (Fsp3) is 0.333. The zero-order valence-corrected chi connectivity index (χ0v) is 14.4. The monoisotopic (exact) mass is 370 g/mol. The largest absolute Gasteiger partial charge is 0.394 e. The molecule has 0 heterocycles. The van der Waals surface area contributed by atoms with Gasteiger partial charge < -0.3 is 20.4 Å². The van der Waals surface area contributed by atoms with Gasteiger partial charge in [-0.3, -0.25) is 0 Å². The summed E-state index contributed by atoms with van der Waals surface area (Å²) in [5.74, 6) is -0.227. The highest BCUT2D eigenvalue weighted by atomic mass is 35.5. The predicted octanol–water partition coefficient (Wildman–Crippen LogP) is 2.59. The molecule has 0 aromatic heterocycles. The molecule has 0 aliphatic rings. The Labute approximate surface area is 150 Å². The van der Waals surface area contributed by atoms with Crippen LogP contribution in [0, 0.1) is 0 Å². The second-order valence-electron chi connectivity index (χ2n) is 5.70. The molecule has 4 nitrogen and oxygen atoms in total. The van der Waals surface area contributed by atoms with E-state index >= 15 is 0 Å². The summed E-state index contributed by atoms with van der Waals surface area (Å²) in [5.41, 5.74) is 1.82. The number of aliphatic hydroxyl groups is 4. The van der Waals surface area contributed by atoms with Crippen LogP contribution in [0.3, 0.4) is 0 Å². The van der Waals surface area contributed by atoms with Crippen LogP contribution in [0.5, 0.6) is 0 Å². The lowest BCUT2D eigenvalue weighted by atomic mass is 9.85. The maximum absolute atomic E-state index is 10.2. The number of hydrogen-bond acceptors (Lipinski definition) is 4. The minimum absolute atomic E-state index is 0.168. The van der Waals surface area contributed by atoms with Crippen molar-refractivity contribution in [1.29, 1.82) is 0 Å². The number of hydrogen-bond donors (Lipinski definition) is 4. The highest BCUT2D eigenvalue weighted by molar-refractivity contribution is 6.30. The van der Waals surface area contributed by atoms with Crippen molar-refractivity contribution in [3.63, 3.8) is 0 Å². The van der Waals surface area contributed by atoms with Gasteiger partial charge in [0.1, 0.15) is 12.2 Å². The zero-order valence-electron chi connectivity index (χ0n) is 12.9. The lowest BCUT2D eigenvalue weighted by Crippen LogP contribution is -2.40. The highest BCUT2D eigenvalue weighted by Gasteiger charge is 2.28. The van der Waals surface area contributed by atoms with Crippen molar-refractivity contribution < 1.29 is 20.4 Å². The van der Waals surface area contributed by atoms with Crippen molar-refractivity contribution in [2.24, 2.45) is 0 Å². The molecule has 0 aliphatic heterocycles. The van der Waals surface area contributed by atoms with E-state index in [9.17, 15) is 15.3 Å². The molecular formula is C18H20Cl2O4. The van der Waals surface area contributed by atoms with Crippen LogP contribution in [0.2, 0.25) is 10.0 Å².